The molecule has 0 amide bonds. The SMILES string of the molecule is O=c1cc[nH]c2cccc(Nc3cccc(-c4nncn4C4CC(F)(F)C4)n3)c12. The van der Waals surface area contributed by atoms with Crippen molar-refractivity contribution >= 4 is 22.4 Å². The summed E-state index contributed by atoms with van der Waals surface area (Å²) in [5.74, 6) is -1.69. The molecule has 1 saturated carbocycles. The van der Waals surface area contributed by atoms with Gasteiger partial charge in [0.25, 0.3) is 5.92 Å². The Kier molecular flexibility index (Phi) is 3.90. The Labute approximate surface area is 163 Å². The zero-order valence-electron chi connectivity index (χ0n) is 15.1. The van der Waals surface area contributed by atoms with Crippen molar-refractivity contribution in [1.29, 1.82) is 0 Å². The van der Waals surface area contributed by atoms with Gasteiger partial charge in [-0.1, -0.05) is 12.1 Å². The molecule has 0 radical (unpaired) electrons. The highest BCUT2D eigenvalue weighted by Gasteiger charge is 2.47. The van der Waals surface area contributed by atoms with Crippen LogP contribution in [0.25, 0.3) is 22.4 Å². The first-order chi connectivity index (χ1) is 14.0. The van der Waals surface area contributed by atoms with Crippen molar-refractivity contribution < 1.29 is 8.78 Å². The molecule has 3 heterocycles. The minimum absolute atomic E-state index is 0.108. The lowest BCUT2D eigenvalue weighted by atomic mass is 9.88. The Morgan fingerprint density at radius 1 is 1.14 bits per heavy atom. The number of nitrogens with one attached hydrogen (secondary N) is 2. The predicted molar refractivity (Wildman–Crippen MR) is 104 cm³/mol. The third kappa shape index (κ3) is 3.14. The average molecular weight is 394 g/mol. The standard InChI is InChI=1S/C20H16F2N6O/c21-20(22)9-12(10-20)28-11-24-27-19(28)15-5-2-6-17(26-15)25-14-4-1-3-13-18(14)16(29)7-8-23-13/h1-8,11-12H,9-10H2,(H,23,29)(H,25,26). The molecular weight excluding hydrogens is 378 g/mol. The van der Waals surface area contributed by atoms with Crippen LogP contribution in [0.1, 0.15) is 18.9 Å². The highest BCUT2D eigenvalue weighted by molar-refractivity contribution is 5.92. The molecule has 0 bridgehead atoms. The van der Waals surface area contributed by atoms with Crippen LogP contribution in [0.15, 0.2) is 59.8 Å². The molecule has 2 N–H and O–H groups in total. The normalized spacial score (nSPS) is 15.9. The predicted octanol–water partition coefficient (Wildman–Crippen LogP) is 3.90. The lowest BCUT2D eigenvalue weighted by Gasteiger charge is -2.35. The van der Waals surface area contributed by atoms with E-state index < -0.39 is 5.92 Å². The molecule has 146 valence electrons. The summed E-state index contributed by atoms with van der Waals surface area (Å²) in [7, 11) is 0. The molecule has 3 aromatic heterocycles. The van der Waals surface area contributed by atoms with Gasteiger partial charge in [0.2, 0.25) is 0 Å². The largest absolute Gasteiger partial charge is 0.361 e. The number of hydrogen-bond acceptors (Lipinski definition) is 5. The monoisotopic (exact) mass is 394 g/mol. The van der Waals surface area contributed by atoms with Crippen molar-refractivity contribution in [2.24, 2.45) is 0 Å². The molecule has 9 heteroatoms. The maximum Gasteiger partial charge on any atom is 0.252 e. The second-order valence-electron chi connectivity index (χ2n) is 7.08. The molecule has 7 nitrogen and oxygen atoms in total. The first kappa shape index (κ1) is 17.5. The number of aromatic nitrogens is 5. The van der Waals surface area contributed by atoms with E-state index in [9.17, 15) is 13.6 Å². The fourth-order valence-electron chi connectivity index (χ4n) is 3.62. The number of rotatable bonds is 4. The van der Waals surface area contributed by atoms with Gasteiger partial charge in [-0.2, -0.15) is 0 Å². The van der Waals surface area contributed by atoms with Crippen LogP contribution < -0.4 is 10.7 Å². The number of H-pyrrole nitrogens is 1. The molecular formula is C20H16F2N6O. The van der Waals surface area contributed by atoms with Gasteiger partial charge in [0.1, 0.15) is 17.8 Å². The van der Waals surface area contributed by atoms with E-state index >= 15 is 0 Å². The van der Waals surface area contributed by atoms with Crippen LogP contribution in [-0.4, -0.2) is 30.7 Å². The van der Waals surface area contributed by atoms with Gasteiger partial charge < -0.3 is 14.9 Å². The summed E-state index contributed by atoms with van der Waals surface area (Å²) < 4.78 is 28.2. The summed E-state index contributed by atoms with van der Waals surface area (Å²) >= 11 is 0. The third-order valence-corrected chi connectivity index (χ3v) is 5.06. The average Bonchev–Trinajstić information content (AvgIpc) is 3.16. The van der Waals surface area contributed by atoms with Crippen LogP contribution in [0.3, 0.4) is 0 Å². The molecule has 5 rings (SSSR count). The van der Waals surface area contributed by atoms with E-state index in [1.165, 1.54) is 12.4 Å². The quantitative estimate of drug-likeness (QED) is 0.548. The zero-order chi connectivity index (χ0) is 20.0. The summed E-state index contributed by atoms with van der Waals surface area (Å²) in [5.41, 5.74) is 1.74. The van der Waals surface area contributed by atoms with Crippen molar-refractivity contribution in [1.82, 2.24) is 24.7 Å². The summed E-state index contributed by atoms with van der Waals surface area (Å²) in [4.78, 5) is 19.9. The Morgan fingerprint density at radius 2 is 1.97 bits per heavy atom. The van der Waals surface area contributed by atoms with Crippen LogP contribution in [-0.2, 0) is 0 Å². The Morgan fingerprint density at radius 3 is 2.79 bits per heavy atom. The zero-order valence-corrected chi connectivity index (χ0v) is 15.1. The van der Waals surface area contributed by atoms with Crippen molar-refractivity contribution in [3.63, 3.8) is 0 Å². The number of anilines is 2. The summed E-state index contributed by atoms with van der Waals surface area (Å²) in [6, 6.07) is 11.9. The molecule has 1 aromatic carbocycles. The van der Waals surface area contributed by atoms with Gasteiger partial charge in [-0.15, -0.1) is 10.2 Å². The summed E-state index contributed by atoms with van der Waals surface area (Å²) in [6.07, 6.45) is 2.61. The van der Waals surface area contributed by atoms with Gasteiger partial charge in [-0.25, -0.2) is 13.8 Å². The van der Waals surface area contributed by atoms with Crippen LogP contribution in [0.4, 0.5) is 20.3 Å². The molecule has 0 saturated heterocycles. The summed E-state index contributed by atoms with van der Waals surface area (Å²) in [6.45, 7) is 0. The van der Waals surface area contributed by atoms with Crippen molar-refractivity contribution in [3.05, 3.63) is 65.2 Å². The highest BCUT2D eigenvalue weighted by atomic mass is 19.3. The number of benzene rings is 1. The Hall–Kier alpha value is -3.62. The molecule has 1 aliphatic carbocycles. The van der Waals surface area contributed by atoms with Crippen LogP contribution >= 0.6 is 0 Å². The molecule has 0 spiro atoms. The molecule has 0 atom stereocenters. The van der Waals surface area contributed by atoms with E-state index in [1.807, 2.05) is 12.1 Å². The topological polar surface area (TPSA) is 88.5 Å². The first-order valence-corrected chi connectivity index (χ1v) is 9.12. The number of alkyl halides is 2. The fourth-order valence-corrected chi connectivity index (χ4v) is 3.62. The maximum absolute atomic E-state index is 13.3. The molecule has 29 heavy (non-hydrogen) atoms. The second-order valence-corrected chi connectivity index (χ2v) is 7.08. The molecule has 0 unspecified atom stereocenters. The van der Waals surface area contributed by atoms with E-state index in [-0.39, 0.29) is 24.3 Å². The highest BCUT2D eigenvalue weighted by Crippen LogP contribution is 2.46. The maximum atomic E-state index is 13.3. The number of fused-ring (bicyclic) bond motifs is 1. The minimum atomic E-state index is -2.63. The number of aromatic amines is 1. The van der Waals surface area contributed by atoms with Crippen molar-refractivity contribution in [2.45, 2.75) is 24.8 Å². The van der Waals surface area contributed by atoms with Gasteiger partial charge in [0.15, 0.2) is 11.3 Å². The third-order valence-electron chi connectivity index (χ3n) is 5.06. The van der Waals surface area contributed by atoms with Gasteiger partial charge in [-0.05, 0) is 24.3 Å². The number of nitrogens with zero attached hydrogens (tertiary/aromatic N) is 4. The van der Waals surface area contributed by atoms with Crippen molar-refractivity contribution in [3.8, 4) is 11.5 Å². The number of hydrogen-bond donors (Lipinski definition) is 2. The molecule has 4 aromatic rings. The lowest BCUT2D eigenvalue weighted by Crippen LogP contribution is -2.37. The second kappa shape index (κ2) is 6.47. The van der Waals surface area contributed by atoms with Gasteiger partial charge in [-0.3, -0.25) is 4.79 Å². The van der Waals surface area contributed by atoms with E-state index in [0.29, 0.717) is 33.9 Å². The number of halogens is 2. The van der Waals surface area contributed by atoms with E-state index in [0.717, 1.165) is 0 Å². The van der Waals surface area contributed by atoms with E-state index in [4.69, 9.17) is 0 Å². The Bertz CT molecular complexity index is 1250. The first-order valence-electron chi connectivity index (χ1n) is 9.12. The summed E-state index contributed by atoms with van der Waals surface area (Å²) in [5, 5.41) is 11.7. The van der Waals surface area contributed by atoms with Crippen LogP contribution in [0.5, 0.6) is 0 Å². The smallest absolute Gasteiger partial charge is 0.252 e. The number of pyridine rings is 2. The van der Waals surface area contributed by atoms with Crippen LogP contribution in [0.2, 0.25) is 0 Å². The van der Waals surface area contributed by atoms with E-state index in [1.54, 1.807) is 35.0 Å². The van der Waals surface area contributed by atoms with Gasteiger partial charge in [0.05, 0.1) is 16.6 Å². The van der Waals surface area contributed by atoms with Crippen molar-refractivity contribution in [2.75, 3.05) is 5.32 Å². The van der Waals surface area contributed by atoms with E-state index in [2.05, 4.69) is 25.5 Å². The molecule has 1 fully saturated rings. The molecule has 1 aliphatic rings. The lowest BCUT2D eigenvalue weighted by molar-refractivity contribution is -0.103. The molecule has 0 aliphatic heterocycles. The Balaban J connectivity index is 1.48. The minimum Gasteiger partial charge on any atom is -0.361 e. The van der Waals surface area contributed by atoms with Gasteiger partial charge in [0, 0.05) is 31.1 Å². The fraction of sp³-hybridized carbons (Fsp3) is 0.200. The van der Waals surface area contributed by atoms with Crippen LogP contribution in [0, 0.1) is 0 Å². The van der Waals surface area contributed by atoms with Gasteiger partial charge >= 0.3 is 0 Å².